The number of aryl methyl sites for hydroxylation is 1. The van der Waals surface area contributed by atoms with E-state index in [9.17, 15) is 4.79 Å². The number of hydrogen-bond donors (Lipinski definition) is 0. The Morgan fingerprint density at radius 1 is 1.21 bits per heavy atom. The lowest BCUT2D eigenvalue weighted by molar-refractivity contribution is -0.158. The highest BCUT2D eigenvalue weighted by Gasteiger charge is 2.28. The standard InChI is InChI=1S/C19H23NO4/c1-15-4-6-16(7-5-15)8-9-20(13-17-3-2-10-23-17)19(21)18-14-22-11-12-24-18/h2-7,10,18H,8-9,11-14H2,1H3/t18-/m1/s1. The van der Waals surface area contributed by atoms with E-state index in [1.54, 1.807) is 11.2 Å². The number of hydrogen-bond acceptors (Lipinski definition) is 4. The van der Waals surface area contributed by atoms with Gasteiger partial charge in [0.15, 0.2) is 6.10 Å². The lowest BCUT2D eigenvalue weighted by Crippen LogP contribution is -2.45. The van der Waals surface area contributed by atoms with Crippen molar-refractivity contribution in [3.8, 4) is 0 Å². The maximum Gasteiger partial charge on any atom is 0.254 e. The number of rotatable bonds is 6. The first kappa shape index (κ1) is 16.7. The van der Waals surface area contributed by atoms with E-state index in [4.69, 9.17) is 13.9 Å². The highest BCUT2D eigenvalue weighted by atomic mass is 16.6. The number of amides is 1. The summed E-state index contributed by atoms with van der Waals surface area (Å²) >= 11 is 0. The van der Waals surface area contributed by atoms with Gasteiger partial charge in [0.2, 0.25) is 0 Å². The van der Waals surface area contributed by atoms with Crippen LogP contribution in [0.3, 0.4) is 0 Å². The number of ether oxygens (including phenoxy) is 2. The SMILES string of the molecule is Cc1ccc(CCN(Cc2ccco2)C(=O)[C@H]2COCCO2)cc1. The molecule has 1 amide bonds. The van der Waals surface area contributed by atoms with Crippen LogP contribution in [-0.2, 0) is 27.2 Å². The zero-order chi connectivity index (χ0) is 16.8. The summed E-state index contributed by atoms with van der Waals surface area (Å²) in [7, 11) is 0. The van der Waals surface area contributed by atoms with E-state index in [-0.39, 0.29) is 5.91 Å². The quantitative estimate of drug-likeness (QED) is 0.817. The van der Waals surface area contributed by atoms with Crippen LogP contribution in [-0.4, -0.2) is 43.3 Å². The molecule has 5 nitrogen and oxygen atoms in total. The molecule has 1 aromatic heterocycles. The lowest BCUT2D eigenvalue weighted by atomic mass is 10.1. The summed E-state index contributed by atoms with van der Waals surface area (Å²) in [4.78, 5) is 14.6. The fourth-order valence-electron chi connectivity index (χ4n) is 2.71. The smallest absolute Gasteiger partial charge is 0.254 e. The topological polar surface area (TPSA) is 51.9 Å². The van der Waals surface area contributed by atoms with Gasteiger partial charge in [-0.3, -0.25) is 4.79 Å². The van der Waals surface area contributed by atoms with Gasteiger partial charge in [0, 0.05) is 6.54 Å². The van der Waals surface area contributed by atoms with E-state index < -0.39 is 6.10 Å². The van der Waals surface area contributed by atoms with Crippen LogP contribution in [0.1, 0.15) is 16.9 Å². The van der Waals surface area contributed by atoms with Crippen molar-refractivity contribution in [1.29, 1.82) is 0 Å². The van der Waals surface area contributed by atoms with Gasteiger partial charge in [-0.05, 0) is 31.0 Å². The van der Waals surface area contributed by atoms with Crippen molar-refractivity contribution >= 4 is 5.91 Å². The Morgan fingerprint density at radius 3 is 2.71 bits per heavy atom. The molecule has 1 fully saturated rings. The molecule has 2 heterocycles. The Bertz CT molecular complexity index is 630. The van der Waals surface area contributed by atoms with Gasteiger partial charge in [-0.1, -0.05) is 29.8 Å². The summed E-state index contributed by atoms with van der Waals surface area (Å²) in [5.41, 5.74) is 2.44. The fraction of sp³-hybridized carbons (Fsp3) is 0.421. The molecule has 0 saturated carbocycles. The molecule has 1 aromatic carbocycles. The van der Waals surface area contributed by atoms with Gasteiger partial charge in [0.05, 0.1) is 32.6 Å². The molecule has 3 rings (SSSR count). The van der Waals surface area contributed by atoms with Crippen LogP contribution >= 0.6 is 0 Å². The molecule has 1 aliphatic rings. The summed E-state index contributed by atoms with van der Waals surface area (Å²) in [6.45, 7) is 4.45. The third-order valence-corrected chi connectivity index (χ3v) is 4.12. The molecule has 0 spiro atoms. The van der Waals surface area contributed by atoms with Gasteiger partial charge in [0.1, 0.15) is 5.76 Å². The van der Waals surface area contributed by atoms with E-state index >= 15 is 0 Å². The van der Waals surface area contributed by atoms with Crippen LogP contribution in [0.5, 0.6) is 0 Å². The van der Waals surface area contributed by atoms with Crippen molar-refractivity contribution in [2.24, 2.45) is 0 Å². The van der Waals surface area contributed by atoms with Crippen LogP contribution in [0, 0.1) is 6.92 Å². The molecule has 128 valence electrons. The van der Waals surface area contributed by atoms with Gasteiger partial charge in [-0.2, -0.15) is 0 Å². The predicted octanol–water partition coefficient (Wildman–Crippen LogP) is 2.57. The lowest BCUT2D eigenvalue weighted by Gasteiger charge is -2.29. The van der Waals surface area contributed by atoms with Crippen LogP contribution in [0.25, 0.3) is 0 Å². The predicted molar refractivity (Wildman–Crippen MR) is 89.6 cm³/mol. The van der Waals surface area contributed by atoms with E-state index in [2.05, 4.69) is 31.2 Å². The number of carbonyl (C=O) groups excluding carboxylic acids is 1. The monoisotopic (exact) mass is 329 g/mol. The molecule has 0 bridgehead atoms. The zero-order valence-electron chi connectivity index (χ0n) is 13.9. The van der Waals surface area contributed by atoms with Crippen LogP contribution in [0.2, 0.25) is 0 Å². The molecule has 1 atom stereocenters. The van der Waals surface area contributed by atoms with E-state index in [0.29, 0.717) is 32.9 Å². The fourth-order valence-corrected chi connectivity index (χ4v) is 2.71. The summed E-state index contributed by atoms with van der Waals surface area (Å²) in [6, 6.07) is 12.1. The Morgan fingerprint density at radius 2 is 2.04 bits per heavy atom. The highest BCUT2D eigenvalue weighted by molar-refractivity contribution is 5.81. The summed E-state index contributed by atoms with van der Waals surface area (Å²) < 4.78 is 16.3. The van der Waals surface area contributed by atoms with Gasteiger partial charge in [0.25, 0.3) is 5.91 Å². The molecule has 0 aliphatic carbocycles. The van der Waals surface area contributed by atoms with E-state index in [0.717, 1.165) is 12.2 Å². The summed E-state index contributed by atoms with van der Waals surface area (Å²) in [5.74, 6) is 0.724. The zero-order valence-corrected chi connectivity index (χ0v) is 13.9. The van der Waals surface area contributed by atoms with Gasteiger partial charge in [-0.25, -0.2) is 0 Å². The van der Waals surface area contributed by atoms with Crippen molar-refractivity contribution in [3.63, 3.8) is 0 Å². The number of benzene rings is 1. The molecule has 0 unspecified atom stereocenters. The summed E-state index contributed by atoms with van der Waals surface area (Å²) in [5, 5.41) is 0. The maximum atomic E-state index is 12.8. The average Bonchev–Trinajstić information content (AvgIpc) is 3.13. The molecule has 0 N–H and O–H groups in total. The van der Waals surface area contributed by atoms with Crippen molar-refractivity contribution in [2.45, 2.75) is 26.0 Å². The second kappa shape index (κ2) is 8.13. The van der Waals surface area contributed by atoms with Crippen molar-refractivity contribution in [1.82, 2.24) is 4.90 Å². The summed E-state index contributed by atoms with van der Waals surface area (Å²) in [6.07, 6.45) is 1.89. The Labute approximate surface area is 142 Å². The van der Waals surface area contributed by atoms with Crippen LogP contribution in [0.4, 0.5) is 0 Å². The first-order valence-corrected chi connectivity index (χ1v) is 8.28. The van der Waals surface area contributed by atoms with Crippen LogP contribution in [0.15, 0.2) is 47.1 Å². The minimum absolute atomic E-state index is 0.0433. The molecule has 2 aromatic rings. The van der Waals surface area contributed by atoms with Crippen molar-refractivity contribution in [2.75, 3.05) is 26.4 Å². The molecule has 0 radical (unpaired) electrons. The first-order chi connectivity index (χ1) is 11.7. The van der Waals surface area contributed by atoms with Crippen molar-refractivity contribution < 1.29 is 18.7 Å². The Balaban J connectivity index is 1.66. The molecular formula is C19H23NO4. The van der Waals surface area contributed by atoms with Gasteiger partial charge < -0.3 is 18.8 Å². The first-order valence-electron chi connectivity index (χ1n) is 8.28. The minimum Gasteiger partial charge on any atom is -0.467 e. The molecule has 1 aliphatic heterocycles. The van der Waals surface area contributed by atoms with Crippen LogP contribution < -0.4 is 0 Å². The molecular weight excluding hydrogens is 306 g/mol. The molecule has 24 heavy (non-hydrogen) atoms. The molecule has 5 heteroatoms. The Hall–Kier alpha value is -2.11. The average molecular weight is 329 g/mol. The number of furan rings is 1. The molecule has 1 saturated heterocycles. The second-order valence-electron chi connectivity index (χ2n) is 6.01. The third-order valence-electron chi connectivity index (χ3n) is 4.12. The highest BCUT2D eigenvalue weighted by Crippen LogP contribution is 2.13. The second-order valence-corrected chi connectivity index (χ2v) is 6.01. The van der Waals surface area contributed by atoms with E-state index in [1.807, 2.05) is 12.1 Å². The van der Waals surface area contributed by atoms with E-state index in [1.165, 1.54) is 11.1 Å². The number of nitrogens with zero attached hydrogens (tertiary/aromatic N) is 1. The third kappa shape index (κ3) is 4.46. The van der Waals surface area contributed by atoms with Gasteiger partial charge >= 0.3 is 0 Å². The normalized spacial score (nSPS) is 17.6. The van der Waals surface area contributed by atoms with Gasteiger partial charge in [-0.15, -0.1) is 0 Å². The number of carbonyl (C=O) groups is 1. The minimum atomic E-state index is -0.522. The maximum absolute atomic E-state index is 12.8. The largest absolute Gasteiger partial charge is 0.467 e. The Kier molecular flexibility index (Phi) is 5.67. The van der Waals surface area contributed by atoms with Crippen molar-refractivity contribution in [3.05, 3.63) is 59.5 Å².